The third-order valence-corrected chi connectivity index (χ3v) is 6.28. The van der Waals surface area contributed by atoms with Crippen LogP contribution in [-0.4, -0.2) is 29.1 Å². The molecule has 0 fully saturated rings. The highest BCUT2D eigenvalue weighted by molar-refractivity contribution is 7.91. The predicted molar refractivity (Wildman–Crippen MR) is 119 cm³/mol. The SMILES string of the molecule is NC(=NCc1ccc(S(=O)(=O)c2cccc(-n3cccn3)c2)cc1)Nc1ccncc1. The largest absolute Gasteiger partial charge is 0.370 e. The zero-order chi connectivity index (χ0) is 21.7. The quantitative estimate of drug-likeness (QED) is 0.357. The maximum atomic E-state index is 13.0. The Morgan fingerprint density at radius 2 is 1.74 bits per heavy atom. The van der Waals surface area contributed by atoms with Gasteiger partial charge >= 0.3 is 0 Å². The van der Waals surface area contributed by atoms with Crippen LogP contribution < -0.4 is 11.1 Å². The van der Waals surface area contributed by atoms with E-state index in [0.29, 0.717) is 12.2 Å². The van der Waals surface area contributed by atoms with Crippen LogP contribution in [0.3, 0.4) is 0 Å². The number of hydrogen-bond donors (Lipinski definition) is 2. The van der Waals surface area contributed by atoms with Crippen molar-refractivity contribution in [2.45, 2.75) is 16.3 Å². The van der Waals surface area contributed by atoms with Gasteiger partial charge in [0.1, 0.15) is 0 Å². The molecule has 0 aliphatic carbocycles. The standard InChI is InChI=1S/C22H20N6O2S/c23-22(27-18-9-12-24-13-10-18)25-16-17-5-7-20(8-6-17)31(29,30)21-4-1-3-19(15-21)28-14-2-11-26-28/h1-15H,16H2,(H3,23,24,25,27). The normalized spacial score (nSPS) is 11.9. The fourth-order valence-electron chi connectivity index (χ4n) is 2.92. The van der Waals surface area contributed by atoms with E-state index in [1.807, 2.05) is 0 Å². The predicted octanol–water partition coefficient (Wildman–Crippen LogP) is 3.03. The molecule has 9 heteroatoms. The molecule has 0 amide bonds. The van der Waals surface area contributed by atoms with E-state index in [9.17, 15) is 8.42 Å². The van der Waals surface area contributed by atoms with Gasteiger partial charge in [0, 0.05) is 30.5 Å². The van der Waals surface area contributed by atoms with Crippen LogP contribution in [0, 0.1) is 0 Å². The summed E-state index contributed by atoms with van der Waals surface area (Å²) in [6, 6.07) is 18.6. The van der Waals surface area contributed by atoms with Crippen molar-refractivity contribution in [3.05, 3.63) is 97.1 Å². The van der Waals surface area contributed by atoms with Gasteiger partial charge in [-0.05, 0) is 54.1 Å². The molecule has 4 rings (SSSR count). The summed E-state index contributed by atoms with van der Waals surface area (Å²) in [6.07, 6.45) is 6.71. The molecular formula is C22H20N6O2S. The van der Waals surface area contributed by atoms with Gasteiger partial charge in [-0.25, -0.2) is 18.1 Å². The molecule has 2 aromatic carbocycles. The zero-order valence-corrected chi connectivity index (χ0v) is 17.3. The van der Waals surface area contributed by atoms with E-state index in [1.54, 1.807) is 96.2 Å². The number of aliphatic imine (C=N–C) groups is 1. The van der Waals surface area contributed by atoms with Crippen LogP contribution in [0.25, 0.3) is 5.69 Å². The Morgan fingerprint density at radius 3 is 2.45 bits per heavy atom. The molecule has 0 spiro atoms. The molecule has 0 saturated heterocycles. The van der Waals surface area contributed by atoms with Crippen LogP contribution in [0.5, 0.6) is 0 Å². The van der Waals surface area contributed by atoms with E-state index in [-0.39, 0.29) is 15.8 Å². The van der Waals surface area contributed by atoms with Crippen molar-refractivity contribution in [2.75, 3.05) is 5.32 Å². The van der Waals surface area contributed by atoms with E-state index < -0.39 is 9.84 Å². The minimum atomic E-state index is -3.66. The first-order valence-corrected chi connectivity index (χ1v) is 10.9. The molecule has 31 heavy (non-hydrogen) atoms. The van der Waals surface area contributed by atoms with E-state index in [0.717, 1.165) is 11.3 Å². The number of guanidine groups is 1. The summed E-state index contributed by atoms with van der Waals surface area (Å²) >= 11 is 0. The molecule has 0 bridgehead atoms. The molecule has 2 aromatic heterocycles. The smallest absolute Gasteiger partial charge is 0.206 e. The molecule has 2 heterocycles. The number of nitrogens with two attached hydrogens (primary N) is 1. The second kappa shape index (κ2) is 8.80. The van der Waals surface area contributed by atoms with Gasteiger partial charge in [-0.1, -0.05) is 18.2 Å². The summed E-state index contributed by atoms with van der Waals surface area (Å²) < 4.78 is 27.7. The van der Waals surface area contributed by atoms with Gasteiger partial charge in [-0.2, -0.15) is 5.10 Å². The van der Waals surface area contributed by atoms with Gasteiger partial charge in [0.25, 0.3) is 0 Å². The van der Waals surface area contributed by atoms with Crippen molar-refractivity contribution >= 4 is 21.5 Å². The summed E-state index contributed by atoms with van der Waals surface area (Å²) in [4.78, 5) is 8.64. The number of hydrogen-bond acceptors (Lipinski definition) is 5. The van der Waals surface area contributed by atoms with Crippen LogP contribution in [0.4, 0.5) is 5.69 Å². The minimum absolute atomic E-state index is 0.206. The number of anilines is 1. The molecule has 0 saturated carbocycles. The summed E-state index contributed by atoms with van der Waals surface area (Å²) in [5.41, 5.74) is 8.20. The number of nitrogens with zero attached hydrogens (tertiary/aromatic N) is 4. The number of benzene rings is 2. The first-order valence-electron chi connectivity index (χ1n) is 9.43. The second-order valence-electron chi connectivity index (χ2n) is 6.66. The molecule has 3 N–H and O–H groups in total. The monoisotopic (exact) mass is 432 g/mol. The molecule has 8 nitrogen and oxygen atoms in total. The summed E-state index contributed by atoms with van der Waals surface area (Å²) in [5.74, 6) is 0.262. The molecule has 0 aliphatic rings. The lowest BCUT2D eigenvalue weighted by atomic mass is 10.2. The molecule has 0 atom stereocenters. The van der Waals surface area contributed by atoms with Crippen LogP contribution in [0.2, 0.25) is 0 Å². The number of nitrogens with one attached hydrogen (secondary N) is 1. The third kappa shape index (κ3) is 4.78. The molecular weight excluding hydrogens is 412 g/mol. The highest BCUT2D eigenvalue weighted by Crippen LogP contribution is 2.23. The van der Waals surface area contributed by atoms with Gasteiger partial charge in [0.05, 0.1) is 22.0 Å². The van der Waals surface area contributed by atoms with Gasteiger partial charge < -0.3 is 11.1 Å². The van der Waals surface area contributed by atoms with Crippen LogP contribution in [0.1, 0.15) is 5.56 Å². The number of sulfone groups is 1. The number of rotatable bonds is 6. The van der Waals surface area contributed by atoms with E-state index in [1.165, 1.54) is 0 Å². The van der Waals surface area contributed by atoms with E-state index in [4.69, 9.17) is 5.73 Å². The Bertz CT molecular complexity index is 1290. The molecule has 0 radical (unpaired) electrons. The summed E-state index contributed by atoms with van der Waals surface area (Å²) in [5, 5.41) is 7.12. The highest BCUT2D eigenvalue weighted by atomic mass is 32.2. The van der Waals surface area contributed by atoms with Crippen molar-refractivity contribution in [1.82, 2.24) is 14.8 Å². The fourth-order valence-corrected chi connectivity index (χ4v) is 4.22. The van der Waals surface area contributed by atoms with Crippen molar-refractivity contribution < 1.29 is 8.42 Å². The molecule has 0 aliphatic heterocycles. The Hall–Kier alpha value is -3.98. The van der Waals surface area contributed by atoms with Gasteiger partial charge in [0.2, 0.25) is 9.84 Å². The van der Waals surface area contributed by atoms with Crippen molar-refractivity contribution in [1.29, 1.82) is 0 Å². The van der Waals surface area contributed by atoms with Crippen molar-refractivity contribution in [3.63, 3.8) is 0 Å². The molecule has 0 unspecified atom stereocenters. The fraction of sp³-hybridized carbons (Fsp3) is 0.0455. The van der Waals surface area contributed by atoms with Crippen molar-refractivity contribution in [3.8, 4) is 5.69 Å². The Balaban J connectivity index is 1.48. The summed E-state index contributed by atoms with van der Waals surface area (Å²) in [6.45, 7) is 0.318. The second-order valence-corrected chi connectivity index (χ2v) is 8.61. The lowest BCUT2D eigenvalue weighted by Crippen LogP contribution is -2.22. The Labute approximate surface area is 180 Å². The Morgan fingerprint density at radius 1 is 0.968 bits per heavy atom. The molecule has 4 aromatic rings. The van der Waals surface area contributed by atoms with Gasteiger partial charge in [-0.15, -0.1) is 0 Å². The van der Waals surface area contributed by atoms with Gasteiger partial charge in [-0.3, -0.25) is 4.98 Å². The number of pyridine rings is 1. The lowest BCUT2D eigenvalue weighted by molar-refractivity contribution is 0.596. The van der Waals surface area contributed by atoms with Crippen molar-refractivity contribution in [2.24, 2.45) is 10.7 Å². The highest BCUT2D eigenvalue weighted by Gasteiger charge is 2.18. The van der Waals surface area contributed by atoms with E-state index >= 15 is 0 Å². The average molecular weight is 433 g/mol. The number of aromatic nitrogens is 3. The third-order valence-electron chi connectivity index (χ3n) is 4.52. The van der Waals surface area contributed by atoms with Crippen LogP contribution in [-0.2, 0) is 16.4 Å². The van der Waals surface area contributed by atoms with Crippen LogP contribution >= 0.6 is 0 Å². The van der Waals surface area contributed by atoms with E-state index in [2.05, 4.69) is 20.4 Å². The first kappa shape index (κ1) is 20.3. The first-order chi connectivity index (χ1) is 15.0. The topological polar surface area (TPSA) is 115 Å². The minimum Gasteiger partial charge on any atom is -0.370 e. The van der Waals surface area contributed by atoms with Gasteiger partial charge in [0.15, 0.2) is 5.96 Å². The molecule has 156 valence electrons. The lowest BCUT2D eigenvalue weighted by Gasteiger charge is -2.08. The summed E-state index contributed by atoms with van der Waals surface area (Å²) in [7, 11) is -3.66. The maximum absolute atomic E-state index is 13.0. The average Bonchev–Trinajstić information content (AvgIpc) is 3.34. The Kier molecular flexibility index (Phi) is 5.76. The zero-order valence-electron chi connectivity index (χ0n) is 16.5. The maximum Gasteiger partial charge on any atom is 0.206 e. The van der Waals surface area contributed by atoms with Crippen LogP contribution in [0.15, 0.2) is 106 Å².